The molecule has 3 rings (SSSR count). The highest BCUT2D eigenvalue weighted by Gasteiger charge is 2.28. The van der Waals surface area contributed by atoms with Crippen LogP contribution in [0.25, 0.3) is 0 Å². The Morgan fingerprint density at radius 2 is 2.24 bits per heavy atom. The van der Waals surface area contributed by atoms with Crippen molar-refractivity contribution >= 4 is 27.1 Å². The fraction of sp³-hybridized carbons (Fsp3) is 0.471. The number of thiophene rings is 1. The first-order valence-electron chi connectivity index (χ1n) is 8.41. The van der Waals surface area contributed by atoms with E-state index in [0.717, 1.165) is 18.6 Å². The number of guanidine groups is 1. The largest absolute Gasteiger partial charge is 0.469 e. The Bertz CT molecular complexity index is 768. The highest BCUT2D eigenvalue weighted by Crippen LogP contribution is 2.11. The molecule has 0 aliphatic carbocycles. The van der Waals surface area contributed by atoms with Gasteiger partial charge in [-0.2, -0.15) is 0 Å². The van der Waals surface area contributed by atoms with Crippen molar-refractivity contribution in [2.24, 2.45) is 4.99 Å². The molecule has 1 aliphatic heterocycles. The summed E-state index contributed by atoms with van der Waals surface area (Å²) < 4.78 is 28.6. The molecule has 0 radical (unpaired) electrons. The number of nitrogens with one attached hydrogen (secondary N) is 2. The van der Waals surface area contributed by atoms with E-state index in [1.807, 2.05) is 18.2 Å². The SMILES string of the molecule is O=S1(=O)CCC(NC(=NCCc2cccs2)NCCc2ccco2)C1. The van der Waals surface area contributed by atoms with Gasteiger partial charge in [-0.25, -0.2) is 8.42 Å². The van der Waals surface area contributed by atoms with Crippen LogP contribution in [0.2, 0.25) is 0 Å². The molecule has 8 heteroatoms. The number of hydrogen-bond acceptors (Lipinski definition) is 5. The van der Waals surface area contributed by atoms with Crippen molar-refractivity contribution in [1.82, 2.24) is 10.6 Å². The highest BCUT2D eigenvalue weighted by atomic mass is 32.2. The minimum absolute atomic E-state index is 0.0680. The predicted molar refractivity (Wildman–Crippen MR) is 101 cm³/mol. The van der Waals surface area contributed by atoms with Crippen molar-refractivity contribution in [2.45, 2.75) is 25.3 Å². The summed E-state index contributed by atoms with van der Waals surface area (Å²) in [4.78, 5) is 5.90. The van der Waals surface area contributed by atoms with Crippen molar-refractivity contribution in [1.29, 1.82) is 0 Å². The molecule has 1 aliphatic rings. The maximum Gasteiger partial charge on any atom is 0.191 e. The Labute approximate surface area is 152 Å². The van der Waals surface area contributed by atoms with Crippen LogP contribution >= 0.6 is 11.3 Å². The van der Waals surface area contributed by atoms with Crippen LogP contribution < -0.4 is 10.6 Å². The summed E-state index contributed by atoms with van der Waals surface area (Å²) in [5.74, 6) is 2.01. The molecule has 6 nitrogen and oxygen atoms in total. The van der Waals surface area contributed by atoms with Crippen molar-refractivity contribution in [3.8, 4) is 0 Å². The zero-order chi connectivity index (χ0) is 17.5. The number of sulfone groups is 1. The first kappa shape index (κ1) is 18.0. The van der Waals surface area contributed by atoms with Gasteiger partial charge >= 0.3 is 0 Å². The van der Waals surface area contributed by atoms with E-state index in [9.17, 15) is 8.42 Å². The van der Waals surface area contributed by atoms with Gasteiger partial charge in [0.2, 0.25) is 0 Å². The molecule has 1 atom stereocenters. The number of rotatable bonds is 7. The molecule has 1 fully saturated rings. The summed E-state index contributed by atoms with van der Waals surface area (Å²) in [7, 11) is -2.91. The zero-order valence-electron chi connectivity index (χ0n) is 14.0. The van der Waals surface area contributed by atoms with Gasteiger partial charge < -0.3 is 15.1 Å². The molecule has 136 valence electrons. The van der Waals surface area contributed by atoms with E-state index < -0.39 is 9.84 Å². The van der Waals surface area contributed by atoms with Gasteiger partial charge in [-0.1, -0.05) is 6.07 Å². The van der Waals surface area contributed by atoms with E-state index in [1.165, 1.54) is 4.88 Å². The lowest BCUT2D eigenvalue weighted by Crippen LogP contribution is -2.44. The summed E-state index contributed by atoms with van der Waals surface area (Å²) in [5.41, 5.74) is 0. The second-order valence-electron chi connectivity index (χ2n) is 6.06. The van der Waals surface area contributed by atoms with Crippen LogP contribution in [0.5, 0.6) is 0 Å². The molecular formula is C17H23N3O3S2. The first-order valence-corrected chi connectivity index (χ1v) is 11.1. The van der Waals surface area contributed by atoms with Gasteiger partial charge in [0.25, 0.3) is 0 Å². The van der Waals surface area contributed by atoms with E-state index in [1.54, 1.807) is 17.6 Å². The minimum atomic E-state index is -2.91. The van der Waals surface area contributed by atoms with Crippen LogP contribution in [0.4, 0.5) is 0 Å². The van der Waals surface area contributed by atoms with Crippen LogP contribution in [0.15, 0.2) is 45.3 Å². The third-order valence-electron chi connectivity index (χ3n) is 4.03. The summed E-state index contributed by atoms with van der Waals surface area (Å²) >= 11 is 1.72. The molecule has 0 amide bonds. The summed E-state index contributed by atoms with van der Waals surface area (Å²) in [5, 5.41) is 8.60. The maximum atomic E-state index is 11.7. The molecule has 25 heavy (non-hydrogen) atoms. The van der Waals surface area contributed by atoms with Crippen molar-refractivity contribution < 1.29 is 12.8 Å². The Balaban J connectivity index is 1.54. The van der Waals surface area contributed by atoms with E-state index in [4.69, 9.17) is 4.42 Å². The summed E-state index contributed by atoms with van der Waals surface area (Å²) in [6.45, 7) is 1.34. The molecule has 0 bridgehead atoms. The molecule has 2 N–H and O–H groups in total. The van der Waals surface area contributed by atoms with Gasteiger partial charge in [-0.3, -0.25) is 4.99 Å². The zero-order valence-corrected chi connectivity index (χ0v) is 15.6. The topological polar surface area (TPSA) is 83.7 Å². The lowest BCUT2D eigenvalue weighted by Gasteiger charge is -2.16. The third-order valence-corrected chi connectivity index (χ3v) is 6.73. The Kier molecular flexibility index (Phi) is 6.14. The van der Waals surface area contributed by atoms with Gasteiger partial charge in [-0.05, 0) is 30.0 Å². The van der Waals surface area contributed by atoms with E-state index >= 15 is 0 Å². The predicted octanol–water partition coefficient (Wildman–Crippen LogP) is 1.85. The van der Waals surface area contributed by atoms with Crippen LogP contribution in [-0.2, 0) is 22.7 Å². The molecule has 3 heterocycles. The van der Waals surface area contributed by atoms with Gasteiger partial charge in [0.1, 0.15) is 5.76 Å². The van der Waals surface area contributed by atoms with Crippen molar-refractivity contribution in [3.63, 3.8) is 0 Å². The summed E-state index contributed by atoms with van der Waals surface area (Å²) in [6.07, 6.45) is 3.92. The van der Waals surface area contributed by atoms with Crippen molar-refractivity contribution in [3.05, 3.63) is 46.5 Å². The quantitative estimate of drug-likeness (QED) is 0.565. The fourth-order valence-electron chi connectivity index (χ4n) is 2.75. The molecular weight excluding hydrogens is 358 g/mol. The lowest BCUT2D eigenvalue weighted by molar-refractivity contribution is 0.506. The Morgan fingerprint density at radius 1 is 1.32 bits per heavy atom. The molecule has 0 saturated carbocycles. The standard InChI is InChI=1S/C17H23N3O3S2/c21-25(22)12-7-14(13-25)20-17(18-8-5-15-3-1-10-23-15)19-9-6-16-4-2-11-24-16/h1-4,10-11,14H,5-9,12-13H2,(H2,18,19,20). The monoisotopic (exact) mass is 381 g/mol. The van der Waals surface area contributed by atoms with E-state index in [2.05, 4.69) is 27.1 Å². The number of nitrogens with zero attached hydrogens (tertiary/aromatic N) is 1. The third kappa shape index (κ3) is 5.89. The van der Waals surface area contributed by atoms with E-state index in [0.29, 0.717) is 25.5 Å². The second-order valence-corrected chi connectivity index (χ2v) is 9.32. The Hall–Kier alpha value is -1.80. The molecule has 0 aromatic carbocycles. The van der Waals surface area contributed by atoms with E-state index in [-0.39, 0.29) is 17.5 Å². The summed E-state index contributed by atoms with van der Waals surface area (Å²) in [6, 6.07) is 7.87. The highest BCUT2D eigenvalue weighted by molar-refractivity contribution is 7.91. The molecule has 0 spiro atoms. The first-order chi connectivity index (χ1) is 12.1. The number of aliphatic imine (C=N–C) groups is 1. The van der Waals surface area contributed by atoms with Crippen LogP contribution in [0.3, 0.4) is 0 Å². The van der Waals surface area contributed by atoms with Crippen molar-refractivity contribution in [2.75, 3.05) is 24.6 Å². The minimum Gasteiger partial charge on any atom is -0.469 e. The average Bonchev–Trinajstić information content (AvgIpc) is 3.30. The lowest BCUT2D eigenvalue weighted by atomic mass is 10.3. The van der Waals surface area contributed by atoms with Crippen LogP contribution in [-0.4, -0.2) is 45.0 Å². The van der Waals surface area contributed by atoms with Gasteiger partial charge in [-0.15, -0.1) is 11.3 Å². The van der Waals surface area contributed by atoms with Gasteiger partial charge in [0.05, 0.1) is 17.8 Å². The molecule has 2 aromatic heterocycles. The van der Waals surface area contributed by atoms with Gasteiger partial charge in [0, 0.05) is 36.9 Å². The Morgan fingerprint density at radius 3 is 2.92 bits per heavy atom. The number of hydrogen-bond donors (Lipinski definition) is 2. The normalized spacial score (nSPS) is 19.8. The molecule has 1 saturated heterocycles. The maximum absolute atomic E-state index is 11.7. The molecule has 1 unspecified atom stereocenters. The number of furan rings is 1. The van der Waals surface area contributed by atoms with Crippen LogP contribution in [0, 0.1) is 0 Å². The fourth-order valence-corrected chi connectivity index (χ4v) is 5.12. The molecule has 2 aromatic rings. The van der Waals surface area contributed by atoms with Crippen LogP contribution in [0.1, 0.15) is 17.1 Å². The smallest absolute Gasteiger partial charge is 0.191 e. The average molecular weight is 382 g/mol. The second kappa shape index (κ2) is 8.53. The van der Waals surface area contributed by atoms with Gasteiger partial charge in [0.15, 0.2) is 15.8 Å².